The van der Waals surface area contributed by atoms with Crippen molar-refractivity contribution >= 4 is 17.3 Å². The third kappa shape index (κ3) is 2.44. The quantitative estimate of drug-likeness (QED) is 0.569. The third-order valence-corrected chi connectivity index (χ3v) is 2.78. The number of anilines is 2. The maximum Gasteiger partial charge on any atom is 0.311 e. The van der Waals surface area contributed by atoms with Crippen molar-refractivity contribution < 1.29 is 4.92 Å². The number of pyridine rings is 1. The highest BCUT2D eigenvalue weighted by Crippen LogP contribution is 2.23. The van der Waals surface area contributed by atoms with E-state index in [9.17, 15) is 10.1 Å². The smallest absolute Gasteiger partial charge is 0.311 e. The summed E-state index contributed by atoms with van der Waals surface area (Å²) in [7, 11) is 0. The van der Waals surface area contributed by atoms with Gasteiger partial charge < -0.3 is 16.0 Å². The normalized spacial score (nSPS) is 20.3. The van der Waals surface area contributed by atoms with Crippen LogP contribution in [0.15, 0.2) is 12.1 Å². The van der Waals surface area contributed by atoms with Crippen LogP contribution in [0.3, 0.4) is 0 Å². The molecule has 0 unspecified atom stereocenters. The standard InChI is InChI=1S/C10H15N5O2/c1-7-6-14(5-4-12-7)9-3-2-8(15(16)17)10(11)13-9/h2-3,7,12H,4-6H2,1H3,(H2,11,13)/t7-/m0/s1. The molecule has 92 valence electrons. The number of nitrogens with zero attached hydrogens (tertiary/aromatic N) is 3. The molecule has 0 radical (unpaired) electrons. The second kappa shape index (κ2) is 4.54. The zero-order chi connectivity index (χ0) is 12.4. The summed E-state index contributed by atoms with van der Waals surface area (Å²) in [5.74, 6) is 0.667. The van der Waals surface area contributed by atoms with Crippen LogP contribution >= 0.6 is 0 Å². The minimum atomic E-state index is -0.521. The molecule has 0 saturated carbocycles. The van der Waals surface area contributed by atoms with Crippen molar-refractivity contribution in [3.63, 3.8) is 0 Å². The zero-order valence-electron chi connectivity index (χ0n) is 9.59. The molecule has 0 spiro atoms. The first-order chi connectivity index (χ1) is 8.08. The molecule has 3 N–H and O–H groups in total. The molecular formula is C10H15N5O2. The Bertz CT molecular complexity index is 437. The van der Waals surface area contributed by atoms with Gasteiger partial charge in [0.15, 0.2) is 0 Å². The number of aromatic nitrogens is 1. The number of nitro groups is 1. The molecule has 1 aliphatic rings. The van der Waals surface area contributed by atoms with E-state index in [0.29, 0.717) is 11.9 Å². The Balaban J connectivity index is 2.22. The molecule has 0 bridgehead atoms. The van der Waals surface area contributed by atoms with Crippen molar-refractivity contribution in [2.24, 2.45) is 0 Å². The van der Waals surface area contributed by atoms with Crippen LogP contribution in [0.4, 0.5) is 17.3 Å². The van der Waals surface area contributed by atoms with Gasteiger partial charge in [0.25, 0.3) is 0 Å². The summed E-state index contributed by atoms with van der Waals surface area (Å²) < 4.78 is 0. The molecule has 1 saturated heterocycles. The number of hydrogen-bond donors (Lipinski definition) is 2. The van der Waals surface area contributed by atoms with Gasteiger partial charge in [0.1, 0.15) is 5.82 Å². The van der Waals surface area contributed by atoms with Gasteiger partial charge in [-0.1, -0.05) is 0 Å². The average Bonchev–Trinajstić information content (AvgIpc) is 2.28. The lowest BCUT2D eigenvalue weighted by Crippen LogP contribution is -2.49. The van der Waals surface area contributed by atoms with E-state index in [1.807, 2.05) is 0 Å². The summed E-state index contributed by atoms with van der Waals surface area (Å²) in [4.78, 5) is 16.3. The van der Waals surface area contributed by atoms with Crippen molar-refractivity contribution in [2.75, 3.05) is 30.3 Å². The van der Waals surface area contributed by atoms with Gasteiger partial charge in [-0.3, -0.25) is 10.1 Å². The predicted molar refractivity (Wildman–Crippen MR) is 65.0 cm³/mol. The van der Waals surface area contributed by atoms with Gasteiger partial charge in [0.2, 0.25) is 5.82 Å². The summed E-state index contributed by atoms with van der Waals surface area (Å²) in [5.41, 5.74) is 5.43. The Morgan fingerprint density at radius 1 is 1.65 bits per heavy atom. The van der Waals surface area contributed by atoms with Crippen LogP contribution in [-0.2, 0) is 0 Å². The molecular weight excluding hydrogens is 222 g/mol. The lowest BCUT2D eigenvalue weighted by Gasteiger charge is -2.32. The van der Waals surface area contributed by atoms with Crippen LogP contribution in [-0.4, -0.2) is 35.6 Å². The van der Waals surface area contributed by atoms with Gasteiger partial charge in [-0.15, -0.1) is 0 Å². The second-order valence-electron chi connectivity index (χ2n) is 4.13. The number of nitrogens with two attached hydrogens (primary N) is 1. The van der Waals surface area contributed by atoms with Gasteiger partial charge >= 0.3 is 5.69 Å². The lowest BCUT2D eigenvalue weighted by molar-refractivity contribution is -0.384. The topological polar surface area (TPSA) is 97.3 Å². The largest absolute Gasteiger partial charge is 0.378 e. The van der Waals surface area contributed by atoms with Gasteiger partial charge in [0, 0.05) is 31.7 Å². The van der Waals surface area contributed by atoms with E-state index in [4.69, 9.17) is 5.73 Å². The van der Waals surface area contributed by atoms with Crippen LogP contribution in [0.25, 0.3) is 0 Å². The Morgan fingerprint density at radius 3 is 3.00 bits per heavy atom. The predicted octanol–water partition coefficient (Wildman–Crippen LogP) is 0.370. The molecule has 1 aromatic heterocycles. The Hall–Kier alpha value is -1.89. The highest BCUT2D eigenvalue weighted by molar-refractivity contribution is 5.58. The van der Waals surface area contributed by atoms with Crippen LogP contribution in [0.1, 0.15) is 6.92 Å². The summed E-state index contributed by atoms with van der Waals surface area (Å²) in [5, 5.41) is 13.9. The minimum Gasteiger partial charge on any atom is -0.378 e. The van der Waals surface area contributed by atoms with Gasteiger partial charge in [0.05, 0.1) is 4.92 Å². The molecule has 0 amide bonds. The van der Waals surface area contributed by atoms with E-state index in [0.717, 1.165) is 19.6 Å². The first-order valence-electron chi connectivity index (χ1n) is 5.47. The fourth-order valence-corrected chi connectivity index (χ4v) is 1.93. The van der Waals surface area contributed by atoms with E-state index in [2.05, 4.69) is 22.1 Å². The van der Waals surface area contributed by atoms with Gasteiger partial charge in [-0.2, -0.15) is 0 Å². The van der Waals surface area contributed by atoms with Crippen molar-refractivity contribution in [3.05, 3.63) is 22.2 Å². The van der Waals surface area contributed by atoms with Crippen LogP contribution in [0.2, 0.25) is 0 Å². The maximum atomic E-state index is 10.6. The molecule has 2 rings (SSSR count). The molecule has 17 heavy (non-hydrogen) atoms. The number of hydrogen-bond acceptors (Lipinski definition) is 6. The van der Waals surface area contributed by atoms with E-state index < -0.39 is 4.92 Å². The molecule has 1 aromatic rings. The highest BCUT2D eigenvalue weighted by atomic mass is 16.6. The number of rotatable bonds is 2. The summed E-state index contributed by atoms with van der Waals surface area (Å²) in [6.07, 6.45) is 0. The fourth-order valence-electron chi connectivity index (χ4n) is 1.93. The van der Waals surface area contributed by atoms with Gasteiger partial charge in [-0.25, -0.2) is 4.98 Å². The summed E-state index contributed by atoms with van der Waals surface area (Å²) >= 11 is 0. The van der Waals surface area contributed by atoms with E-state index >= 15 is 0 Å². The number of nitrogen functional groups attached to an aromatic ring is 1. The van der Waals surface area contributed by atoms with Crippen LogP contribution in [0.5, 0.6) is 0 Å². The second-order valence-corrected chi connectivity index (χ2v) is 4.13. The summed E-state index contributed by atoms with van der Waals surface area (Å²) in [6, 6.07) is 3.43. The molecule has 2 heterocycles. The molecule has 1 aliphatic heterocycles. The molecule has 0 aliphatic carbocycles. The van der Waals surface area contributed by atoms with Crippen LogP contribution < -0.4 is 16.0 Å². The zero-order valence-corrected chi connectivity index (χ0v) is 9.59. The molecule has 7 heteroatoms. The van der Waals surface area contributed by atoms with E-state index in [1.54, 1.807) is 6.07 Å². The Labute approximate surface area is 98.8 Å². The van der Waals surface area contributed by atoms with E-state index in [1.165, 1.54) is 6.07 Å². The molecule has 1 atom stereocenters. The van der Waals surface area contributed by atoms with Crippen LogP contribution in [0, 0.1) is 10.1 Å². The van der Waals surface area contributed by atoms with Crippen molar-refractivity contribution in [1.29, 1.82) is 0 Å². The van der Waals surface area contributed by atoms with Crippen molar-refractivity contribution in [3.8, 4) is 0 Å². The Morgan fingerprint density at radius 2 is 2.41 bits per heavy atom. The Kier molecular flexibility index (Phi) is 3.10. The highest BCUT2D eigenvalue weighted by Gasteiger charge is 2.19. The van der Waals surface area contributed by atoms with Crippen molar-refractivity contribution in [2.45, 2.75) is 13.0 Å². The lowest BCUT2D eigenvalue weighted by atomic mass is 10.2. The number of nitrogens with one attached hydrogen (secondary N) is 1. The molecule has 1 fully saturated rings. The fraction of sp³-hybridized carbons (Fsp3) is 0.500. The SMILES string of the molecule is C[C@H]1CN(c2ccc([N+](=O)[O-])c(N)n2)CCN1. The first kappa shape index (κ1) is 11.6. The minimum absolute atomic E-state index is 0.0290. The maximum absolute atomic E-state index is 10.6. The molecule has 0 aromatic carbocycles. The van der Waals surface area contributed by atoms with E-state index in [-0.39, 0.29) is 11.5 Å². The summed E-state index contributed by atoms with van der Waals surface area (Å²) in [6.45, 7) is 4.61. The monoisotopic (exact) mass is 237 g/mol. The average molecular weight is 237 g/mol. The number of piperazine rings is 1. The molecule has 7 nitrogen and oxygen atoms in total. The third-order valence-electron chi connectivity index (χ3n) is 2.78. The van der Waals surface area contributed by atoms with Crippen molar-refractivity contribution in [1.82, 2.24) is 10.3 Å². The first-order valence-corrected chi connectivity index (χ1v) is 5.47. The van der Waals surface area contributed by atoms with Gasteiger partial charge in [-0.05, 0) is 13.0 Å².